The molecule has 1 heterocycles. The van der Waals surface area contributed by atoms with Crippen molar-refractivity contribution in [2.45, 2.75) is 57.4 Å². The number of hydrogen-bond acceptors (Lipinski definition) is 7. The van der Waals surface area contributed by atoms with Crippen LogP contribution in [0.4, 0.5) is 10.8 Å². The van der Waals surface area contributed by atoms with Crippen LogP contribution < -0.4 is 5.32 Å². The quantitative estimate of drug-likeness (QED) is 0.460. The van der Waals surface area contributed by atoms with Crippen molar-refractivity contribution < 1.29 is 9.53 Å². The van der Waals surface area contributed by atoms with E-state index in [1.807, 2.05) is 24.3 Å². The summed E-state index contributed by atoms with van der Waals surface area (Å²) in [6.45, 7) is 8.75. The van der Waals surface area contributed by atoms with Gasteiger partial charge in [0.1, 0.15) is 6.10 Å². The van der Waals surface area contributed by atoms with Crippen molar-refractivity contribution in [1.82, 2.24) is 10.2 Å². The number of nitrogens with zero attached hydrogens (tertiary/aromatic N) is 2. The van der Waals surface area contributed by atoms with E-state index in [1.54, 1.807) is 0 Å². The molecule has 28 heavy (non-hydrogen) atoms. The molecular weight excluding hydrogens is 390 g/mol. The Labute approximate surface area is 175 Å². The maximum atomic E-state index is 12.4. The first-order valence-corrected chi connectivity index (χ1v) is 11.7. The largest absolute Gasteiger partial charge is 0.461 e. The molecule has 1 N–H and O–H groups in total. The van der Waals surface area contributed by atoms with Gasteiger partial charge in [0.25, 0.3) is 0 Å². The van der Waals surface area contributed by atoms with Crippen LogP contribution in [0.3, 0.4) is 0 Å². The fourth-order valence-corrected chi connectivity index (χ4v) is 5.21. The molecule has 0 amide bonds. The van der Waals surface area contributed by atoms with Crippen molar-refractivity contribution in [1.29, 1.82) is 0 Å². The van der Waals surface area contributed by atoms with Crippen LogP contribution in [0.5, 0.6) is 0 Å². The first kappa shape index (κ1) is 21.1. The molecule has 3 atom stereocenters. The second kappa shape index (κ2) is 9.74. The van der Waals surface area contributed by atoms with Gasteiger partial charge in [-0.05, 0) is 49.7 Å². The molecule has 2 aromatic rings. The van der Waals surface area contributed by atoms with Crippen LogP contribution in [0.2, 0.25) is 0 Å². The van der Waals surface area contributed by atoms with Gasteiger partial charge in [0.2, 0.25) is 5.13 Å². The molecular formula is C21H29N3O2S2. The lowest BCUT2D eigenvalue weighted by molar-refractivity contribution is -0.152. The van der Waals surface area contributed by atoms with E-state index in [0.717, 1.165) is 28.0 Å². The second-order valence-corrected chi connectivity index (χ2v) is 10.2. The Hall–Kier alpha value is -1.60. The van der Waals surface area contributed by atoms with E-state index < -0.39 is 0 Å². The first-order valence-electron chi connectivity index (χ1n) is 9.90. The van der Waals surface area contributed by atoms with Crippen LogP contribution >= 0.6 is 23.1 Å². The summed E-state index contributed by atoms with van der Waals surface area (Å²) in [4.78, 5) is 12.4. The monoisotopic (exact) mass is 419 g/mol. The van der Waals surface area contributed by atoms with E-state index >= 15 is 0 Å². The predicted octanol–water partition coefficient (Wildman–Crippen LogP) is 5.69. The Morgan fingerprint density at radius 1 is 1.29 bits per heavy atom. The summed E-state index contributed by atoms with van der Waals surface area (Å²) in [5, 5.41) is 12.3. The van der Waals surface area contributed by atoms with Crippen molar-refractivity contribution in [3.8, 4) is 0 Å². The molecule has 3 rings (SSSR count). The van der Waals surface area contributed by atoms with Crippen LogP contribution in [0.25, 0.3) is 0 Å². The lowest BCUT2D eigenvalue weighted by Crippen LogP contribution is -2.36. The topological polar surface area (TPSA) is 64.1 Å². The number of benzene rings is 1. The maximum Gasteiger partial charge on any atom is 0.316 e. The molecule has 3 unspecified atom stereocenters. The van der Waals surface area contributed by atoms with Crippen LogP contribution in [-0.2, 0) is 9.53 Å². The number of aromatic nitrogens is 2. The highest BCUT2D eigenvalue weighted by atomic mass is 32.2. The first-order chi connectivity index (χ1) is 13.4. The number of esters is 1. The Morgan fingerprint density at radius 2 is 2.04 bits per heavy atom. The van der Waals surface area contributed by atoms with Crippen LogP contribution in [0.15, 0.2) is 28.6 Å². The van der Waals surface area contributed by atoms with Crippen LogP contribution in [-0.4, -0.2) is 28.0 Å². The highest BCUT2D eigenvalue weighted by Gasteiger charge is 2.33. The highest BCUT2D eigenvalue weighted by Crippen LogP contribution is 2.36. The number of nitrogens with one attached hydrogen (secondary N) is 1. The molecule has 0 spiro atoms. The highest BCUT2D eigenvalue weighted by molar-refractivity contribution is 8.01. The smallest absolute Gasteiger partial charge is 0.316 e. The summed E-state index contributed by atoms with van der Waals surface area (Å²) in [5.41, 5.74) is 2.19. The SMILES string of the molecule is Cc1ccc(Nc2nnc(SCC(=O)OC3CC(C)CCC3C(C)C)s2)cc1. The zero-order chi connectivity index (χ0) is 20.1. The Balaban J connectivity index is 1.49. The molecule has 1 aliphatic carbocycles. The lowest BCUT2D eigenvalue weighted by atomic mass is 9.75. The van der Waals surface area contributed by atoms with Crippen molar-refractivity contribution in [3.63, 3.8) is 0 Å². The molecule has 0 radical (unpaired) electrons. The molecule has 1 fully saturated rings. The summed E-state index contributed by atoms with van der Waals surface area (Å²) in [5.74, 6) is 1.75. The van der Waals surface area contributed by atoms with E-state index in [9.17, 15) is 4.79 Å². The molecule has 0 saturated heterocycles. The molecule has 1 aliphatic rings. The molecule has 1 aromatic carbocycles. The van der Waals surface area contributed by atoms with Gasteiger partial charge < -0.3 is 10.1 Å². The zero-order valence-corrected chi connectivity index (χ0v) is 18.6. The van der Waals surface area contributed by atoms with Crippen LogP contribution in [0.1, 0.15) is 45.6 Å². The maximum absolute atomic E-state index is 12.4. The summed E-state index contributed by atoms with van der Waals surface area (Å²) < 4.78 is 6.62. The molecule has 1 saturated carbocycles. The van der Waals surface area contributed by atoms with Crippen molar-refractivity contribution in [2.75, 3.05) is 11.1 Å². The van der Waals surface area contributed by atoms with Gasteiger partial charge in [-0.25, -0.2) is 0 Å². The minimum Gasteiger partial charge on any atom is -0.461 e. The van der Waals surface area contributed by atoms with E-state index in [1.165, 1.54) is 35.1 Å². The van der Waals surface area contributed by atoms with Gasteiger partial charge in [-0.15, -0.1) is 10.2 Å². The summed E-state index contributed by atoms with van der Waals surface area (Å²) in [6.07, 6.45) is 3.40. The Morgan fingerprint density at radius 3 is 2.75 bits per heavy atom. The minimum absolute atomic E-state index is 0.0463. The molecule has 152 valence electrons. The minimum atomic E-state index is -0.155. The number of rotatable bonds is 7. The Kier molecular flexibility index (Phi) is 7.35. The van der Waals surface area contributed by atoms with E-state index in [0.29, 0.717) is 17.8 Å². The van der Waals surface area contributed by atoms with Gasteiger partial charge >= 0.3 is 5.97 Å². The molecule has 5 nitrogen and oxygen atoms in total. The number of aryl methyl sites for hydroxylation is 1. The predicted molar refractivity (Wildman–Crippen MR) is 116 cm³/mol. The third-order valence-corrected chi connectivity index (χ3v) is 7.21. The van der Waals surface area contributed by atoms with Gasteiger partial charge in [0, 0.05) is 5.69 Å². The van der Waals surface area contributed by atoms with E-state index in [4.69, 9.17) is 4.74 Å². The van der Waals surface area contributed by atoms with Crippen molar-refractivity contribution in [3.05, 3.63) is 29.8 Å². The zero-order valence-electron chi connectivity index (χ0n) is 17.0. The van der Waals surface area contributed by atoms with Gasteiger partial charge in [0.15, 0.2) is 4.34 Å². The Bertz CT molecular complexity index is 776. The van der Waals surface area contributed by atoms with Crippen molar-refractivity contribution >= 4 is 39.9 Å². The van der Waals surface area contributed by atoms with E-state index in [-0.39, 0.29) is 17.8 Å². The van der Waals surface area contributed by atoms with Gasteiger partial charge in [-0.2, -0.15) is 0 Å². The number of hydrogen-bond donors (Lipinski definition) is 1. The summed E-state index contributed by atoms with van der Waals surface area (Å²) in [7, 11) is 0. The average molecular weight is 420 g/mol. The summed E-state index contributed by atoms with van der Waals surface area (Å²) in [6, 6.07) is 8.12. The molecule has 1 aromatic heterocycles. The molecule has 0 bridgehead atoms. The fraction of sp³-hybridized carbons (Fsp3) is 0.571. The standard InChI is InChI=1S/C21H29N3O2S2/c1-13(2)17-10-7-15(4)11-18(17)26-19(25)12-27-21-24-23-20(28-21)22-16-8-5-14(3)6-9-16/h5-6,8-9,13,15,17-18H,7,10-12H2,1-4H3,(H,22,23). The van der Waals surface area contributed by atoms with Crippen molar-refractivity contribution in [2.24, 2.45) is 17.8 Å². The number of anilines is 2. The molecule has 0 aliphatic heterocycles. The fourth-order valence-electron chi connectivity index (χ4n) is 3.65. The molecule has 7 heteroatoms. The number of ether oxygens (including phenoxy) is 1. The number of carbonyl (C=O) groups is 1. The summed E-state index contributed by atoms with van der Waals surface area (Å²) >= 11 is 2.84. The average Bonchev–Trinajstić information content (AvgIpc) is 3.09. The van der Waals surface area contributed by atoms with Gasteiger partial charge in [-0.1, -0.05) is 68.0 Å². The van der Waals surface area contributed by atoms with Gasteiger partial charge in [0.05, 0.1) is 5.75 Å². The van der Waals surface area contributed by atoms with Crippen LogP contribution in [0, 0.1) is 24.7 Å². The third-order valence-electron chi connectivity index (χ3n) is 5.27. The number of thioether (sulfide) groups is 1. The second-order valence-electron chi connectivity index (χ2n) is 8.01. The van der Waals surface area contributed by atoms with E-state index in [2.05, 4.69) is 43.2 Å². The lowest BCUT2D eigenvalue weighted by Gasteiger charge is -2.36. The number of carbonyl (C=O) groups excluding carboxylic acids is 1. The third kappa shape index (κ3) is 5.95. The normalized spacial score (nSPS) is 22.2. The van der Waals surface area contributed by atoms with Gasteiger partial charge in [-0.3, -0.25) is 4.79 Å².